The number of rotatable bonds is 3. The van der Waals surface area contributed by atoms with Crippen molar-refractivity contribution in [2.24, 2.45) is 5.92 Å². The zero-order valence-corrected chi connectivity index (χ0v) is 6.92. The van der Waals surface area contributed by atoms with Crippen LogP contribution in [0.1, 0.15) is 19.3 Å². The molecule has 0 aromatic rings. The van der Waals surface area contributed by atoms with E-state index in [1.54, 1.807) is 0 Å². The first kappa shape index (κ1) is 9.45. The molecule has 0 radical (unpaired) electrons. The van der Waals surface area contributed by atoms with E-state index in [1.807, 2.05) is 0 Å². The Morgan fingerprint density at radius 1 is 1.75 bits per heavy atom. The molecule has 1 aliphatic heterocycles. The molecule has 0 aliphatic carbocycles. The van der Waals surface area contributed by atoms with E-state index in [0.29, 0.717) is 0 Å². The molecule has 1 fully saturated rings. The SMILES string of the molecule is O=C(O)C(F)CC1CCCNC1. The van der Waals surface area contributed by atoms with Crippen molar-refractivity contribution < 1.29 is 14.3 Å². The lowest BCUT2D eigenvalue weighted by molar-refractivity contribution is -0.143. The van der Waals surface area contributed by atoms with Gasteiger partial charge in [0.05, 0.1) is 0 Å². The third-order valence-electron chi connectivity index (χ3n) is 2.21. The van der Waals surface area contributed by atoms with Gasteiger partial charge in [0.1, 0.15) is 0 Å². The smallest absolute Gasteiger partial charge is 0.338 e. The number of nitrogens with one attached hydrogen (secondary N) is 1. The summed E-state index contributed by atoms with van der Waals surface area (Å²) in [6.07, 6.45) is 0.440. The lowest BCUT2D eigenvalue weighted by Gasteiger charge is -2.22. The first-order chi connectivity index (χ1) is 5.70. The van der Waals surface area contributed by atoms with E-state index >= 15 is 0 Å². The lowest BCUT2D eigenvalue weighted by atomic mass is 9.94. The molecule has 0 aromatic carbocycles. The molecule has 2 unspecified atom stereocenters. The summed E-state index contributed by atoms with van der Waals surface area (Å²) in [7, 11) is 0. The molecule has 1 saturated heterocycles. The van der Waals surface area contributed by atoms with Crippen molar-refractivity contribution in [3.05, 3.63) is 0 Å². The van der Waals surface area contributed by atoms with Gasteiger partial charge in [0.25, 0.3) is 0 Å². The standard InChI is InChI=1S/C8H14FNO2/c9-7(8(11)12)4-6-2-1-3-10-5-6/h6-7,10H,1-5H2,(H,11,12). The van der Waals surface area contributed by atoms with Gasteiger partial charge in [-0.3, -0.25) is 0 Å². The molecule has 1 aliphatic rings. The number of carboxylic acids is 1. The van der Waals surface area contributed by atoms with Gasteiger partial charge in [0.2, 0.25) is 0 Å². The summed E-state index contributed by atoms with van der Waals surface area (Å²) in [6.45, 7) is 1.73. The van der Waals surface area contributed by atoms with Crippen LogP contribution in [0.4, 0.5) is 4.39 Å². The molecule has 0 bridgehead atoms. The normalized spacial score (nSPS) is 26.6. The Bertz CT molecular complexity index is 157. The van der Waals surface area contributed by atoms with E-state index in [0.717, 1.165) is 25.9 Å². The van der Waals surface area contributed by atoms with E-state index < -0.39 is 12.1 Å². The maximum atomic E-state index is 12.7. The molecular formula is C8H14FNO2. The Labute approximate surface area is 71.0 Å². The van der Waals surface area contributed by atoms with Crippen LogP contribution in [0, 0.1) is 5.92 Å². The van der Waals surface area contributed by atoms with Crippen LogP contribution in [0.2, 0.25) is 0 Å². The van der Waals surface area contributed by atoms with Crippen LogP contribution >= 0.6 is 0 Å². The second kappa shape index (κ2) is 4.40. The lowest BCUT2D eigenvalue weighted by Crippen LogP contribution is -2.32. The Kier molecular flexibility index (Phi) is 3.47. The average Bonchev–Trinajstić information content (AvgIpc) is 2.06. The minimum absolute atomic E-state index is 0.155. The van der Waals surface area contributed by atoms with Gasteiger partial charge < -0.3 is 10.4 Å². The quantitative estimate of drug-likeness (QED) is 0.667. The highest BCUT2D eigenvalue weighted by Crippen LogP contribution is 2.17. The van der Waals surface area contributed by atoms with E-state index in [9.17, 15) is 9.18 Å². The number of hydrogen-bond acceptors (Lipinski definition) is 2. The largest absolute Gasteiger partial charge is 0.479 e. The van der Waals surface area contributed by atoms with Gasteiger partial charge in [0.15, 0.2) is 6.17 Å². The van der Waals surface area contributed by atoms with Gasteiger partial charge in [-0.25, -0.2) is 9.18 Å². The fourth-order valence-corrected chi connectivity index (χ4v) is 1.52. The predicted octanol–water partition coefficient (Wildman–Crippen LogP) is 0.799. The van der Waals surface area contributed by atoms with Crippen molar-refractivity contribution in [1.82, 2.24) is 5.32 Å². The number of alkyl halides is 1. The van der Waals surface area contributed by atoms with Crippen molar-refractivity contribution >= 4 is 5.97 Å². The molecule has 3 nitrogen and oxygen atoms in total. The maximum Gasteiger partial charge on any atom is 0.338 e. The molecule has 70 valence electrons. The Morgan fingerprint density at radius 3 is 3.00 bits per heavy atom. The summed E-state index contributed by atoms with van der Waals surface area (Å²) in [6, 6.07) is 0. The fraction of sp³-hybridized carbons (Fsp3) is 0.875. The average molecular weight is 175 g/mol. The summed E-state index contributed by atoms with van der Waals surface area (Å²) >= 11 is 0. The zero-order chi connectivity index (χ0) is 8.97. The molecule has 12 heavy (non-hydrogen) atoms. The van der Waals surface area contributed by atoms with Crippen LogP contribution in [-0.4, -0.2) is 30.3 Å². The molecule has 4 heteroatoms. The number of piperidine rings is 1. The van der Waals surface area contributed by atoms with Crippen molar-refractivity contribution in [1.29, 1.82) is 0 Å². The van der Waals surface area contributed by atoms with Crippen LogP contribution in [0.5, 0.6) is 0 Å². The molecular weight excluding hydrogens is 161 g/mol. The fourth-order valence-electron chi connectivity index (χ4n) is 1.52. The predicted molar refractivity (Wildman–Crippen MR) is 42.7 cm³/mol. The van der Waals surface area contributed by atoms with E-state index in [2.05, 4.69) is 5.32 Å². The van der Waals surface area contributed by atoms with Crippen LogP contribution in [0.3, 0.4) is 0 Å². The molecule has 2 N–H and O–H groups in total. The van der Waals surface area contributed by atoms with Crippen LogP contribution < -0.4 is 5.32 Å². The third kappa shape index (κ3) is 2.77. The minimum Gasteiger partial charge on any atom is -0.479 e. The van der Waals surface area contributed by atoms with Gasteiger partial charge in [0, 0.05) is 0 Å². The highest BCUT2D eigenvalue weighted by Gasteiger charge is 2.22. The van der Waals surface area contributed by atoms with Gasteiger partial charge in [-0.05, 0) is 38.3 Å². The van der Waals surface area contributed by atoms with Crippen LogP contribution in [0.25, 0.3) is 0 Å². The summed E-state index contributed by atoms with van der Waals surface area (Å²) in [5.74, 6) is -1.13. The number of halogens is 1. The summed E-state index contributed by atoms with van der Waals surface area (Å²) in [5.41, 5.74) is 0. The first-order valence-electron chi connectivity index (χ1n) is 4.27. The van der Waals surface area contributed by atoms with Crippen LogP contribution in [0.15, 0.2) is 0 Å². The second-order valence-corrected chi connectivity index (χ2v) is 3.25. The maximum absolute atomic E-state index is 12.7. The van der Waals surface area contributed by atoms with Crippen molar-refractivity contribution in [2.45, 2.75) is 25.4 Å². The van der Waals surface area contributed by atoms with Crippen LogP contribution in [-0.2, 0) is 4.79 Å². The van der Waals surface area contributed by atoms with E-state index in [-0.39, 0.29) is 12.3 Å². The summed E-state index contributed by atoms with van der Waals surface area (Å²) < 4.78 is 12.7. The Hall–Kier alpha value is -0.640. The number of carboxylic acid groups (broad SMARTS) is 1. The molecule has 0 spiro atoms. The summed E-state index contributed by atoms with van der Waals surface area (Å²) in [5, 5.41) is 11.4. The van der Waals surface area contributed by atoms with E-state index in [4.69, 9.17) is 5.11 Å². The third-order valence-corrected chi connectivity index (χ3v) is 2.21. The monoisotopic (exact) mass is 175 g/mol. The van der Waals surface area contributed by atoms with Gasteiger partial charge >= 0.3 is 5.97 Å². The van der Waals surface area contributed by atoms with Gasteiger partial charge in [-0.15, -0.1) is 0 Å². The molecule has 2 atom stereocenters. The molecule has 0 aromatic heterocycles. The molecule has 1 heterocycles. The number of aliphatic carboxylic acids is 1. The number of hydrogen-bond donors (Lipinski definition) is 2. The van der Waals surface area contributed by atoms with Crippen molar-refractivity contribution in [3.8, 4) is 0 Å². The summed E-state index contributed by atoms with van der Waals surface area (Å²) in [4.78, 5) is 10.2. The minimum atomic E-state index is -1.69. The molecule has 1 rings (SSSR count). The second-order valence-electron chi connectivity index (χ2n) is 3.25. The van der Waals surface area contributed by atoms with Crippen molar-refractivity contribution in [2.75, 3.05) is 13.1 Å². The van der Waals surface area contributed by atoms with Crippen molar-refractivity contribution in [3.63, 3.8) is 0 Å². The Morgan fingerprint density at radius 2 is 2.50 bits per heavy atom. The molecule has 0 saturated carbocycles. The van der Waals surface area contributed by atoms with Gasteiger partial charge in [-0.2, -0.15) is 0 Å². The molecule has 0 amide bonds. The Balaban J connectivity index is 2.24. The highest BCUT2D eigenvalue weighted by molar-refractivity contribution is 5.71. The van der Waals surface area contributed by atoms with Gasteiger partial charge in [-0.1, -0.05) is 0 Å². The highest BCUT2D eigenvalue weighted by atomic mass is 19.1. The topological polar surface area (TPSA) is 49.3 Å². The van der Waals surface area contributed by atoms with E-state index in [1.165, 1.54) is 0 Å². The number of carbonyl (C=O) groups is 1. The zero-order valence-electron chi connectivity index (χ0n) is 6.92. The first-order valence-corrected chi connectivity index (χ1v) is 4.27.